The van der Waals surface area contributed by atoms with Gasteiger partial charge in [0.25, 0.3) is 0 Å². The molecule has 0 saturated heterocycles. The first-order valence-corrected chi connectivity index (χ1v) is 5.20. The number of hydrogen-bond donors (Lipinski definition) is 2. The Morgan fingerprint density at radius 1 is 1.31 bits per heavy atom. The highest BCUT2D eigenvalue weighted by atomic mass is 16.1. The zero-order valence-electron chi connectivity index (χ0n) is 7.96. The summed E-state index contributed by atoms with van der Waals surface area (Å²) in [6, 6.07) is 0.301. The fourth-order valence-corrected chi connectivity index (χ4v) is 2.72. The van der Waals surface area contributed by atoms with E-state index in [-0.39, 0.29) is 11.3 Å². The van der Waals surface area contributed by atoms with E-state index in [9.17, 15) is 4.79 Å². The van der Waals surface area contributed by atoms with Crippen LogP contribution >= 0.6 is 0 Å². The van der Waals surface area contributed by atoms with Gasteiger partial charge in [-0.15, -0.1) is 0 Å². The van der Waals surface area contributed by atoms with Crippen LogP contribution in [0.4, 0.5) is 0 Å². The molecule has 1 amide bonds. The average Bonchev–Trinajstić information content (AvgIpc) is 2.83. The van der Waals surface area contributed by atoms with Crippen molar-refractivity contribution in [3.63, 3.8) is 0 Å². The Kier molecular flexibility index (Phi) is 2.06. The fourth-order valence-electron chi connectivity index (χ4n) is 2.72. The van der Waals surface area contributed by atoms with Gasteiger partial charge < -0.3 is 11.5 Å². The van der Waals surface area contributed by atoms with E-state index in [2.05, 4.69) is 0 Å². The molecule has 0 aromatic carbocycles. The second kappa shape index (κ2) is 2.98. The normalized spacial score (nSPS) is 37.0. The molecule has 3 heteroatoms. The van der Waals surface area contributed by atoms with Gasteiger partial charge in [0, 0.05) is 6.04 Å². The van der Waals surface area contributed by atoms with Crippen molar-refractivity contribution in [1.82, 2.24) is 0 Å². The minimum Gasteiger partial charge on any atom is -0.369 e. The van der Waals surface area contributed by atoms with E-state index in [1.54, 1.807) is 0 Å². The molecular weight excluding hydrogens is 164 g/mol. The molecule has 0 spiro atoms. The molecule has 0 aromatic rings. The monoisotopic (exact) mass is 182 g/mol. The first kappa shape index (κ1) is 9.00. The van der Waals surface area contributed by atoms with Gasteiger partial charge in [0.05, 0.1) is 5.41 Å². The highest BCUT2D eigenvalue weighted by Crippen LogP contribution is 2.55. The quantitative estimate of drug-likeness (QED) is 0.662. The predicted molar refractivity (Wildman–Crippen MR) is 50.8 cm³/mol. The van der Waals surface area contributed by atoms with Crippen molar-refractivity contribution >= 4 is 5.91 Å². The van der Waals surface area contributed by atoms with Gasteiger partial charge in [-0.1, -0.05) is 6.42 Å². The number of rotatable bonds is 2. The molecule has 0 aliphatic heterocycles. The van der Waals surface area contributed by atoms with Crippen molar-refractivity contribution in [3.8, 4) is 0 Å². The zero-order valence-corrected chi connectivity index (χ0v) is 7.96. The third kappa shape index (κ3) is 1.46. The van der Waals surface area contributed by atoms with E-state index in [0.29, 0.717) is 12.0 Å². The van der Waals surface area contributed by atoms with Gasteiger partial charge in [-0.25, -0.2) is 0 Å². The maximum absolute atomic E-state index is 11.3. The average molecular weight is 182 g/mol. The Balaban J connectivity index is 2.03. The lowest BCUT2D eigenvalue weighted by molar-refractivity contribution is -0.125. The molecule has 0 radical (unpaired) electrons. The van der Waals surface area contributed by atoms with Crippen LogP contribution in [0.5, 0.6) is 0 Å². The molecule has 74 valence electrons. The van der Waals surface area contributed by atoms with Gasteiger partial charge in [-0.2, -0.15) is 0 Å². The summed E-state index contributed by atoms with van der Waals surface area (Å²) >= 11 is 0. The van der Waals surface area contributed by atoms with Crippen LogP contribution in [-0.4, -0.2) is 11.9 Å². The van der Waals surface area contributed by atoms with Crippen molar-refractivity contribution < 1.29 is 4.79 Å². The Morgan fingerprint density at radius 3 is 2.46 bits per heavy atom. The van der Waals surface area contributed by atoms with Crippen LogP contribution in [0.1, 0.15) is 38.5 Å². The first-order chi connectivity index (χ1) is 6.15. The molecule has 0 heterocycles. The summed E-state index contributed by atoms with van der Waals surface area (Å²) in [5, 5.41) is 0. The molecule has 2 fully saturated rings. The standard InChI is InChI=1S/C10H18N2O/c11-8-3-1-2-7(6-8)10(4-5-10)9(12)13/h7-8H,1-6,11H2,(H2,12,13)/t7-,8+/m1/s1. The minimum atomic E-state index is -0.141. The maximum Gasteiger partial charge on any atom is 0.223 e. The highest BCUT2D eigenvalue weighted by molar-refractivity contribution is 5.84. The fraction of sp³-hybridized carbons (Fsp3) is 0.900. The number of amides is 1. The smallest absolute Gasteiger partial charge is 0.223 e. The Labute approximate surface area is 78.9 Å². The lowest BCUT2D eigenvalue weighted by Crippen LogP contribution is -2.38. The van der Waals surface area contributed by atoms with Gasteiger partial charge in [-0.05, 0) is 38.0 Å². The molecule has 2 rings (SSSR count). The number of carbonyl (C=O) groups is 1. The van der Waals surface area contributed by atoms with Crippen LogP contribution in [-0.2, 0) is 4.79 Å². The third-order valence-electron chi connectivity index (χ3n) is 3.78. The SMILES string of the molecule is NC(=O)C1([C@@H]2CCC[C@H](N)C2)CC1. The van der Waals surface area contributed by atoms with Crippen LogP contribution < -0.4 is 11.5 Å². The third-order valence-corrected chi connectivity index (χ3v) is 3.78. The molecule has 2 aliphatic rings. The van der Waals surface area contributed by atoms with Crippen LogP contribution in [0, 0.1) is 11.3 Å². The largest absolute Gasteiger partial charge is 0.369 e. The van der Waals surface area contributed by atoms with E-state index in [0.717, 1.165) is 32.1 Å². The van der Waals surface area contributed by atoms with Crippen molar-refractivity contribution in [2.45, 2.75) is 44.6 Å². The molecule has 4 N–H and O–H groups in total. The van der Waals surface area contributed by atoms with E-state index in [1.807, 2.05) is 0 Å². The van der Waals surface area contributed by atoms with Crippen LogP contribution in [0.15, 0.2) is 0 Å². The Bertz CT molecular complexity index is 223. The van der Waals surface area contributed by atoms with E-state index in [1.165, 1.54) is 6.42 Å². The molecular formula is C10H18N2O. The predicted octanol–water partition coefficient (Wildman–Crippen LogP) is 0.769. The summed E-state index contributed by atoms with van der Waals surface area (Å²) in [7, 11) is 0. The first-order valence-electron chi connectivity index (χ1n) is 5.20. The molecule has 0 unspecified atom stereocenters. The number of primary amides is 1. The number of hydrogen-bond acceptors (Lipinski definition) is 2. The second-order valence-corrected chi connectivity index (χ2v) is 4.64. The minimum absolute atomic E-state index is 0.0911. The van der Waals surface area contributed by atoms with Crippen molar-refractivity contribution in [1.29, 1.82) is 0 Å². The molecule has 0 aromatic heterocycles. The summed E-state index contributed by atoms with van der Waals surface area (Å²) < 4.78 is 0. The second-order valence-electron chi connectivity index (χ2n) is 4.64. The lowest BCUT2D eigenvalue weighted by Gasteiger charge is -2.31. The lowest BCUT2D eigenvalue weighted by atomic mass is 9.75. The molecule has 0 bridgehead atoms. The molecule has 2 saturated carbocycles. The van der Waals surface area contributed by atoms with E-state index < -0.39 is 0 Å². The maximum atomic E-state index is 11.3. The zero-order chi connectivity index (χ0) is 9.47. The molecule has 3 nitrogen and oxygen atoms in total. The summed E-state index contributed by atoms with van der Waals surface area (Å²) in [5.41, 5.74) is 11.2. The van der Waals surface area contributed by atoms with Crippen molar-refractivity contribution in [3.05, 3.63) is 0 Å². The number of carbonyl (C=O) groups excluding carboxylic acids is 1. The van der Waals surface area contributed by atoms with E-state index in [4.69, 9.17) is 11.5 Å². The summed E-state index contributed by atoms with van der Waals surface area (Å²) in [5.74, 6) is 0.389. The summed E-state index contributed by atoms with van der Waals surface area (Å²) in [6.45, 7) is 0. The van der Waals surface area contributed by atoms with Gasteiger partial charge in [-0.3, -0.25) is 4.79 Å². The summed E-state index contributed by atoms with van der Waals surface area (Å²) in [6.07, 6.45) is 6.44. The van der Waals surface area contributed by atoms with Crippen molar-refractivity contribution in [2.75, 3.05) is 0 Å². The van der Waals surface area contributed by atoms with Crippen LogP contribution in [0.2, 0.25) is 0 Å². The Hall–Kier alpha value is -0.570. The van der Waals surface area contributed by atoms with Crippen molar-refractivity contribution in [2.24, 2.45) is 22.8 Å². The highest BCUT2D eigenvalue weighted by Gasteiger charge is 2.54. The molecule has 13 heavy (non-hydrogen) atoms. The molecule has 2 aliphatic carbocycles. The summed E-state index contributed by atoms with van der Waals surface area (Å²) in [4.78, 5) is 11.3. The van der Waals surface area contributed by atoms with Crippen LogP contribution in [0.3, 0.4) is 0 Å². The molecule has 2 atom stereocenters. The Morgan fingerprint density at radius 2 is 2.00 bits per heavy atom. The topological polar surface area (TPSA) is 69.1 Å². The van der Waals surface area contributed by atoms with Gasteiger partial charge in [0.15, 0.2) is 0 Å². The number of nitrogens with two attached hydrogens (primary N) is 2. The van der Waals surface area contributed by atoms with Gasteiger partial charge in [0.2, 0.25) is 5.91 Å². The van der Waals surface area contributed by atoms with Gasteiger partial charge in [0.1, 0.15) is 0 Å². The van der Waals surface area contributed by atoms with Crippen LogP contribution in [0.25, 0.3) is 0 Å². The van der Waals surface area contributed by atoms with E-state index >= 15 is 0 Å². The van der Waals surface area contributed by atoms with Gasteiger partial charge >= 0.3 is 0 Å².